The minimum absolute atomic E-state index is 0.537. The minimum atomic E-state index is 0.537. The van der Waals surface area contributed by atoms with Crippen molar-refractivity contribution >= 4 is 21.6 Å². The summed E-state index contributed by atoms with van der Waals surface area (Å²) in [6, 6.07) is 14.3. The van der Waals surface area contributed by atoms with Gasteiger partial charge < -0.3 is 10.1 Å². The lowest BCUT2D eigenvalue weighted by molar-refractivity contribution is 0.363. The van der Waals surface area contributed by atoms with Crippen LogP contribution in [0.15, 0.2) is 59.6 Å². The molecule has 0 bridgehead atoms. The zero-order valence-corrected chi connectivity index (χ0v) is 13.1. The van der Waals surface area contributed by atoms with E-state index in [4.69, 9.17) is 4.74 Å². The van der Waals surface area contributed by atoms with Crippen molar-refractivity contribution in [3.05, 3.63) is 70.7 Å². The quantitative estimate of drug-likeness (QED) is 0.757. The third kappa shape index (κ3) is 3.87. The first-order valence-electron chi connectivity index (χ1n) is 6.52. The van der Waals surface area contributed by atoms with Crippen molar-refractivity contribution in [3.8, 4) is 5.75 Å². The number of hydrogen-bond acceptors (Lipinski definition) is 2. The normalized spacial score (nSPS) is 10.1. The average Bonchev–Trinajstić information content (AvgIpc) is 2.48. The molecule has 0 saturated carbocycles. The molecular weight excluding hydrogens is 314 g/mol. The molecule has 0 spiro atoms. The maximum Gasteiger partial charge on any atom is 0.119 e. The van der Waals surface area contributed by atoms with Crippen LogP contribution in [0, 0.1) is 6.92 Å². The molecule has 1 N–H and O–H groups in total. The Kier molecular flexibility index (Phi) is 5.24. The van der Waals surface area contributed by atoms with Gasteiger partial charge in [-0.25, -0.2) is 0 Å². The van der Waals surface area contributed by atoms with Gasteiger partial charge in [0, 0.05) is 16.7 Å². The smallest absolute Gasteiger partial charge is 0.119 e. The summed E-state index contributed by atoms with van der Waals surface area (Å²) in [6.45, 7) is 7.06. The second-order valence-electron chi connectivity index (χ2n) is 4.51. The number of rotatable bonds is 6. The van der Waals surface area contributed by atoms with Gasteiger partial charge in [0.1, 0.15) is 12.4 Å². The molecule has 0 aliphatic carbocycles. The second kappa shape index (κ2) is 7.15. The van der Waals surface area contributed by atoms with Gasteiger partial charge >= 0.3 is 0 Å². The third-order valence-electron chi connectivity index (χ3n) is 3.04. The molecule has 0 aromatic heterocycles. The van der Waals surface area contributed by atoms with E-state index in [9.17, 15) is 0 Å². The molecule has 0 atom stereocenters. The Labute approximate surface area is 128 Å². The van der Waals surface area contributed by atoms with Crippen LogP contribution < -0.4 is 10.1 Å². The van der Waals surface area contributed by atoms with E-state index in [0.717, 1.165) is 22.5 Å². The van der Waals surface area contributed by atoms with E-state index in [1.54, 1.807) is 6.08 Å². The first kappa shape index (κ1) is 14.7. The van der Waals surface area contributed by atoms with Crippen LogP contribution in [0.5, 0.6) is 5.75 Å². The highest BCUT2D eigenvalue weighted by Gasteiger charge is 2.01. The number of ether oxygens (including phenoxy) is 1. The van der Waals surface area contributed by atoms with E-state index in [0.29, 0.717) is 6.61 Å². The fraction of sp³-hybridized carbons (Fsp3) is 0.176. The van der Waals surface area contributed by atoms with E-state index in [2.05, 4.69) is 52.9 Å². The number of halogens is 1. The standard InChI is InChI=1S/C17H18BrNO/c1-3-11-20-15-9-7-14(8-10-15)12-19-17-6-4-5-16(18)13(17)2/h3-10,19H,1,11-12H2,2H3. The first-order valence-corrected chi connectivity index (χ1v) is 7.31. The van der Waals surface area contributed by atoms with Gasteiger partial charge in [0.25, 0.3) is 0 Å². The van der Waals surface area contributed by atoms with Crippen molar-refractivity contribution < 1.29 is 4.74 Å². The van der Waals surface area contributed by atoms with Gasteiger partial charge in [-0.2, -0.15) is 0 Å². The monoisotopic (exact) mass is 331 g/mol. The maximum absolute atomic E-state index is 5.46. The zero-order chi connectivity index (χ0) is 14.4. The highest BCUT2D eigenvalue weighted by atomic mass is 79.9. The van der Waals surface area contributed by atoms with Crippen LogP contribution in [0.25, 0.3) is 0 Å². The summed E-state index contributed by atoms with van der Waals surface area (Å²) in [5.41, 5.74) is 3.58. The van der Waals surface area contributed by atoms with Gasteiger partial charge in [-0.3, -0.25) is 0 Å². The number of anilines is 1. The minimum Gasteiger partial charge on any atom is -0.490 e. The van der Waals surface area contributed by atoms with Gasteiger partial charge in [0.15, 0.2) is 0 Å². The molecule has 2 rings (SSSR count). The van der Waals surface area contributed by atoms with Crippen LogP contribution in [0.4, 0.5) is 5.69 Å². The maximum atomic E-state index is 5.46. The van der Waals surface area contributed by atoms with Crippen LogP contribution in [0.2, 0.25) is 0 Å². The number of hydrogen-bond donors (Lipinski definition) is 1. The summed E-state index contributed by atoms with van der Waals surface area (Å²) in [5, 5.41) is 3.45. The molecule has 2 nitrogen and oxygen atoms in total. The SMILES string of the molecule is C=CCOc1ccc(CNc2cccc(Br)c2C)cc1. The Bertz CT molecular complexity index is 578. The summed E-state index contributed by atoms with van der Waals surface area (Å²) >= 11 is 3.54. The van der Waals surface area contributed by atoms with Crippen LogP contribution in [0.3, 0.4) is 0 Å². The summed E-state index contributed by atoms with van der Waals surface area (Å²) in [5.74, 6) is 0.868. The first-order chi connectivity index (χ1) is 9.70. The molecule has 0 unspecified atom stereocenters. The summed E-state index contributed by atoms with van der Waals surface area (Å²) in [6.07, 6.45) is 1.74. The van der Waals surface area contributed by atoms with Gasteiger partial charge in [-0.1, -0.05) is 46.8 Å². The van der Waals surface area contributed by atoms with Crippen LogP contribution in [-0.2, 0) is 6.54 Å². The van der Waals surface area contributed by atoms with Crippen molar-refractivity contribution in [1.82, 2.24) is 0 Å². The molecule has 104 valence electrons. The number of benzene rings is 2. The van der Waals surface area contributed by atoms with Gasteiger partial charge in [0.2, 0.25) is 0 Å². The predicted molar refractivity (Wildman–Crippen MR) is 88.3 cm³/mol. The summed E-state index contributed by atoms with van der Waals surface area (Å²) in [4.78, 5) is 0. The molecule has 2 aromatic carbocycles. The molecule has 0 fully saturated rings. The lowest BCUT2D eigenvalue weighted by Crippen LogP contribution is -2.01. The fourth-order valence-corrected chi connectivity index (χ4v) is 2.22. The van der Waals surface area contributed by atoms with E-state index in [1.807, 2.05) is 24.3 Å². The average molecular weight is 332 g/mol. The van der Waals surface area contributed by atoms with Gasteiger partial charge in [-0.15, -0.1) is 0 Å². The van der Waals surface area contributed by atoms with Crippen molar-refractivity contribution in [1.29, 1.82) is 0 Å². The molecule has 0 radical (unpaired) electrons. The van der Waals surface area contributed by atoms with Crippen LogP contribution in [0.1, 0.15) is 11.1 Å². The zero-order valence-electron chi connectivity index (χ0n) is 11.5. The Balaban J connectivity index is 1.97. The van der Waals surface area contributed by atoms with E-state index in [1.165, 1.54) is 11.1 Å². The molecule has 20 heavy (non-hydrogen) atoms. The Morgan fingerprint density at radius 3 is 2.65 bits per heavy atom. The summed E-state index contributed by atoms with van der Waals surface area (Å²) < 4.78 is 6.58. The second-order valence-corrected chi connectivity index (χ2v) is 5.36. The van der Waals surface area contributed by atoms with E-state index in [-0.39, 0.29) is 0 Å². The largest absolute Gasteiger partial charge is 0.490 e. The van der Waals surface area contributed by atoms with Crippen LogP contribution in [-0.4, -0.2) is 6.61 Å². The van der Waals surface area contributed by atoms with Gasteiger partial charge in [-0.05, 0) is 42.3 Å². The Hall–Kier alpha value is -1.74. The van der Waals surface area contributed by atoms with E-state index >= 15 is 0 Å². The van der Waals surface area contributed by atoms with Crippen LogP contribution >= 0.6 is 15.9 Å². The molecule has 3 heteroatoms. The highest BCUT2D eigenvalue weighted by molar-refractivity contribution is 9.10. The topological polar surface area (TPSA) is 21.3 Å². The van der Waals surface area contributed by atoms with Gasteiger partial charge in [0.05, 0.1) is 0 Å². The number of nitrogens with one attached hydrogen (secondary N) is 1. The Morgan fingerprint density at radius 1 is 1.20 bits per heavy atom. The van der Waals surface area contributed by atoms with E-state index < -0.39 is 0 Å². The molecule has 0 aliphatic rings. The molecule has 0 heterocycles. The Morgan fingerprint density at radius 2 is 1.95 bits per heavy atom. The van der Waals surface area contributed by atoms with Crippen molar-refractivity contribution in [2.45, 2.75) is 13.5 Å². The predicted octanol–water partition coefficient (Wildman–Crippen LogP) is 4.93. The van der Waals surface area contributed by atoms with Crippen molar-refractivity contribution in [2.75, 3.05) is 11.9 Å². The van der Waals surface area contributed by atoms with Crippen molar-refractivity contribution in [3.63, 3.8) is 0 Å². The molecule has 0 saturated heterocycles. The highest BCUT2D eigenvalue weighted by Crippen LogP contribution is 2.24. The fourth-order valence-electron chi connectivity index (χ4n) is 1.85. The third-order valence-corrected chi connectivity index (χ3v) is 3.90. The molecular formula is C17H18BrNO. The van der Waals surface area contributed by atoms with Crippen molar-refractivity contribution in [2.24, 2.45) is 0 Å². The summed E-state index contributed by atoms with van der Waals surface area (Å²) in [7, 11) is 0. The molecule has 0 aliphatic heterocycles. The molecule has 2 aromatic rings. The molecule has 0 amide bonds. The lowest BCUT2D eigenvalue weighted by atomic mass is 10.1. The lowest BCUT2D eigenvalue weighted by Gasteiger charge is -2.11.